The first-order valence-electron chi connectivity index (χ1n) is 7.61. The minimum atomic E-state index is -0.445. The van der Waals surface area contributed by atoms with Gasteiger partial charge in [0.15, 0.2) is 5.13 Å². The molecule has 0 bridgehead atoms. The van der Waals surface area contributed by atoms with Gasteiger partial charge in [0.25, 0.3) is 0 Å². The van der Waals surface area contributed by atoms with Gasteiger partial charge in [-0.05, 0) is 45.4 Å². The molecule has 0 aliphatic carbocycles. The van der Waals surface area contributed by atoms with Crippen LogP contribution >= 0.6 is 23.1 Å². The van der Waals surface area contributed by atoms with Gasteiger partial charge in [-0.1, -0.05) is 11.3 Å². The number of thioether (sulfide) groups is 1. The molecule has 1 aliphatic heterocycles. The van der Waals surface area contributed by atoms with Crippen molar-refractivity contribution in [2.45, 2.75) is 42.9 Å². The van der Waals surface area contributed by atoms with Crippen LogP contribution in [0.2, 0.25) is 0 Å². The first-order valence-corrected chi connectivity index (χ1v) is 9.30. The highest BCUT2D eigenvalue weighted by molar-refractivity contribution is 8.00. The van der Waals surface area contributed by atoms with Crippen molar-refractivity contribution in [2.75, 3.05) is 18.8 Å². The number of nitrogens with two attached hydrogens (primary N) is 1. The molecular formula is C16H21N3O2S2. The number of anilines is 1. The largest absolute Gasteiger partial charge is 0.444 e. The average Bonchev–Trinajstić information content (AvgIpc) is 3.02. The molecule has 2 aromatic rings. The summed E-state index contributed by atoms with van der Waals surface area (Å²) in [4.78, 5) is 19.4. The summed E-state index contributed by atoms with van der Waals surface area (Å²) in [6.45, 7) is 7.15. The Balaban J connectivity index is 1.61. The van der Waals surface area contributed by atoms with Crippen molar-refractivity contribution in [1.29, 1.82) is 0 Å². The minimum absolute atomic E-state index is 0.216. The smallest absolute Gasteiger partial charge is 0.410 e. The zero-order chi connectivity index (χ0) is 16.6. The molecule has 0 spiro atoms. The number of nitrogen functional groups attached to an aromatic ring is 1. The Kier molecular flexibility index (Phi) is 4.42. The van der Waals surface area contributed by atoms with Crippen LogP contribution in [0.1, 0.15) is 27.2 Å². The van der Waals surface area contributed by atoms with Gasteiger partial charge in [0.1, 0.15) is 5.60 Å². The third-order valence-electron chi connectivity index (χ3n) is 3.48. The zero-order valence-corrected chi connectivity index (χ0v) is 15.2. The fraction of sp³-hybridized carbons (Fsp3) is 0.500. The number of likely N-dealkylation sites (tertiary alicyclic amines) is 1. The van der Waals surface area contributed by atoms with Crippen molar-refractivity contribution in [1.82, 2.24) is 9.88 Å². The van der Waals surface area contributed by atoms with Crippen molar-refractivity contribution >= 4 is 44.5 Å². The number of rotatable bonds is 2. The molecule has 1 amide bonds. The maximum atomic E-state index is 12.1. The minimum Gasteiger partial charge on any atom is -0.444 e. The van der Waals surface area contributed by atoms with Crippen molar-refractivity contribution in [3.8, 4) is 0 Å². The van der Waals surface area contributed by atoms with Crippen LogP contribution < -0.4 is 5.73 Å². The highest BCUT2D eigenvalue weighted by Crippen LogP contribution is 2.34. The van der Waals surface area contributed by atoms with Crippen LogP contribution in [-0.4, -0.2) is 39.9 Å². The molecular weight excluding hydrogens is 330 g/mol. The van der Waals surface area contributed by atoms with Crippen molar-refractivity contribution < 1.29 is 9.53 Å². The number of carbonyl (C=O) groups is 1. The van der Waals surface area contributed by atoms with E-state index < -0.39 is 5.60 Å². The molecule has 0 saturated carbocycles. The van der Waals surface area contributed by atoms with Crippen LogP contribution in [0.3, 0.4) is 0 Å². The van der Waals surface area contributed by atoms with Gasteiger partial charge < -0.3 is 15.4 Å². The van der Waals surface area contributed by atoms with Crippen molar-refractivity contribution in [2.24, 2.45) is 0 Å². The lowest BCUT2D eigenvalue weighted by molar-refractivity contribution is 0.0295. The molecule has 7 heteroatoms. The Hall–Kier alpha value is -1.47. The number of nitrogens with zero attached hydrogens (tertiary/aromatic N) is 2. The highest BCUT2D eigenvalue weighted by Gasteiger charge is 2.30. The number of hydrogen-bond donors (Lipinski definition) is 1. The van der Waals surface area contributed by atoms with E-state index in [1.807, 2.05) is 26.8 Å². The number of hydrogen-bond acceptors (Lipinski definition) is 6. The second kappa shape index (κ2) is 6.20. The number of fused-ring (bicyclic) bond motifs is 1. The summed E-state index contributed by atoms with van der Waals surface area (Å²) in [5.41, 5.74) is 6.25. The van der Waals surface area contributed by atoms with E-state index in [0.29, 0.717) is 10.4 Å². The summed E-state index contributed by atoms with van der Waals surface area (Å²) < 4.78 is 6.54. The summed E-state index contributed by atoms with van der Waals surface area (Å²) >= 11 is 3.31. The molecule has 0 unspecified atom stereocenters. The lowest BCUT2D eigenvalue weighted by Gasteiger charge is -2.24. The van der Waals surface area contributed by atoms with E-state index in [2.05, 4.69) is 17.1 Å². The van der Waals surface area contributed by atoms with Crippen molar-refractivity contribution in [3.05, 3.63) is 18.2 Å². The van der Waals surface area contributed by atoms with Crippen LogP contribution in [0.4, 0.5) is 9.93 Å². The third kappa shape index (κ3) is 4.09. The molecule has 1 fully saturated rings. The normalized spacial score (nSPS) is 18.6. The molecule has 1 aromatic carbocycles. The Morgan fingerprint density at radius 1 is 1.48 bits per heavy atom. The van der Waals surface area contributed by atoms with Gasteiger partial charge >= 0.3 is 6.09 Å². The molecule has 23 heavy (non-hydrogen) atoms. The molecule has 2 heterocycles. The monoisotopic (exact) mass is 351 g/mol. The van der Waals surface area contributed by atoms with E-state index in [1.54, 1.807) is 16.7 Å². The molecule has 5 nitrogen and oxygen atoms in total. The lowest BCUT2D eigenvalue weighted by Crippen LogP contribution is -2.35. The number of amides is 1. The van der Waals surface area contributed by atoms with Gasteiger partial charge in [0, 0.05) is 23.2 Å². The summed E-state index contributed by atoms with van der Waals surface area (Å²) in [7, 11) is 0. The predicted molar refractivity (Wildman–Crippen MR) is 96.1 cm³/mol. The van der Waals surface area contributed by atoms with E-state index in [-0.39, 0.29) is 6.09 Å². The van der Waals surface area contributed by atoms with Crippen LogP contribution in [0, 0.1) is 0 Å². The topological polar surface area (TPSA) is 68.5 Å². The highest BCUT2D eigenvalue weighted by atomic mass is 32.2. The average molecular weight is 351 g/mol. The van der Waals surface area contributed by atoms with Crippen molar-refractivity contribution in [3.63, 3.8) is 0 Å². The van der Waals surface area contributed by atoms with Gasteiger partial charge in [-0.2, -0.15) is 0 Å². The number of aromatic nitrogens is 1. The fourth-order valence-corrected chi connectivity index (χ4v) is 4.55. The maximum Gasteiger partial charge on any atom is 0.410 e. The number of benzene rings is 1. The Morgan fingerprint density at radius 2 is 2.26 bits per heavy atom. The first-order chi connectivity index (χ1) is 10.8. The van der Waals surface area contributed by atoms with Crippen LogP contribution in [-0.2, 0) is 4.74 Å². The van der Waals surface area contributed by atoms with Gasteiger partial charge in [-0.25, -0.2) is 9.78 Å². The molecule has 1 atom stereocenters. The fourth-order valence-electron chi connectivity index (χ4n) is 2.51. The quantitative estimate of drug-likeness (QED) is 0.886. The molecule has 1 saturated heterocycles. The zero-order valence-electron chi connectivity index (χ0n) is 13.5. The van der Waals surface area contributed by atoms with Gasteiger partial charge in [0.05, 0.1) is 10.2 Å². The maximum absolute atomic E-state index is 12.1. The second-order valence-electron chi connectivity index (χ2n) is 6.64. The molecule has 2 N–H and O–H groups in total. The van der Waals surface area contributed by atoms with Crippen LogP contribution in [0.5, 0.6) is 0 Å². The number of carbonyl (C=O) groups excluding carboxylic acids is 1. The van der Waals surface area contributed by atoms with Gasteiger partial charge in [-0.15, -0.1) is 11.8 Å². The number of ether oxygens (including phenoxy) is 1. The molecule has 124 valence electrons. The number of thiazole rings is 1. The Morgan fingerprint density at radius 3 is 3.00 bits per heavy atom. The van der Waals surface area contributed by atoms with E-state index in [0.717, 1.165) is 29.7 Å². The molecule has 1 aromatic heterocycles. The van der Waals surface area contributed by atoms with Crippen LogP contribution in [0.25, 0.3) is 10.2 Å². The van der Waals surface area contributed by atoms with Crippen LogP contribution in [0.15, 0.2) is 23.1 Å². The van der Waals surface area contributed by atoms with E-state index >= 15 is 0 Å². The summed E-state index contributed by atoms with van der Waals surface area (Å²) in [6, 6.07) is 6.21. The van der Waals surface area contributed by atoms with E-state index in [9.17, 15) is 4.79 Å². The van der Waals surface area contributed by atoms with Gasteiger partial charge in [-0.3, -0.25) is 0 Å². The van der Waals surface area contributed by atoms with Gasteiger partial charge in [0.2, 0.25) is 0 Å². The second-order valence-corrected chi connectivity index (χ2v) is 9.07. The molecule has 0 radical (unpaired) electrons. The van der Waals surface area contributed by atoms with E-state index in [4.69, 9.17) is 10.5 Å². The summed E-state index contributed by atoms with van der Waals surface area (Å²) in [5.74, 6) is 0. The molecule has 1 aliphatic rings. The lowest BCUT2D eigenvalue weighted by atomic mass is 10.2. The van der Waals surface area contributed by atoms with E-state index in [1.165, 1.54) is 16.2 Å². The first kappa shape index (κ1) is 16.4. The third-order valence-corrected chi connectivity index (χ3v) is 5.57. The Labute approximate surface area is 144 Å². The molecule has 3 rings (SSSR count). The standard InChI is InChI=1S/C16H21N3O2S2/c1-16(2,3)21-15(20)19-7-6-11(9-19)22-10-4-5-12-13(8-10)23-14(17)18-12/h4-5,8,11H,6-7,9H2,1-3H3,(H2,17,18)/t11-/m0/s1. The summed E-state index contributed by atoms with van der Waals surface area (Å²) in [6.07, 6.45) is 0.763. The predicted octanol–water partition coefficient (Wildman–Crippen LogP) is 3.98. The SMILES string of the molecule is CC(C)(C)OC(=O)N1CC[C@H](Sc2ccc3nc(N)sc3c2)C1. The summed E-state index contributed by atoms with van der Waals surface area (Å²) in [5, 5.41) is 0.990. The Bertz CT molecular complexity index is 724.